The van der Waals surface area contributed by atoms with Gasteiger partial charge in [-0.3, -0.25) is 0 Å². The molecule has 94 valence electrons. The fraction of sp³-hybridized carbons (Fsp3) is 0.600. The summed E-state index contributed by atoms with van der Waals surface area (Å²) in [4.78, 5) is 2.53. The van der Waals surface area contributed by atoms with Crippen LogP contribution in [0.3, 0.4) is 0 Å². The largest absolute Gasteiger partial charge is 0.371 e. The van der Waals surface area contributed by atoms with Gasteiger partial charge >= 0.3 is 0 Å². The number of piperidine rings is 1. The van der Waals surface area contributed by atoms with Crippen LogP contribution in [0.2, 0.25) is 0 Å². The predicted octanol–water partition coefficient (Wildman–Crippen LogP) is 2.89. The van der Waals surface area contributed by atoms with Crippen molar-refractivity contribution in [1.82, 2.24) is 5.32 Å². The number of benzene rings is 1. The van der Waals surface area contributed by atoms with Gasteiger partial charge in [0.15, 0.2) is 0 Å². The SMILES string of the molecule is CNCc1ccc(N2CC(C)CC(C)C2)cc1. The van der Waals surface area contributed by atoms with Crippen molar-refractivity contribution in [1.29, 1.82) is 0 Å². The summed E-state index contributed by atoms with van der Waals surface area (Å²) in [7, 11) is 1.99. The van der Waals surface area contributed by atoms with E-state index in [4.69, 9.17) is 0 Å². The molecule has 0 aromatic heterocycles. The molecule has 1 N–H and O–H groups in total. The van der Waals surface area contributed by atoms with Crippen molar-refractivity contribution in [3.63, 3.8) is 0 Å². The first kappa shape index (κ1) is 12.4. The molecular formula is C15H24N2. The monoisotopic (exact) mass is 232 g/mol. The third-order valence-electron chi connectivity index (χ3n) is 3.55. The van der Waals surface area contributed by atoms with E-state index in [1.165, 1.54) is 30.8 Å². The highest BCUT2D eigenvalue weighted by Crippen LogP contribution is 2.26. The second-order valence-electron chi connectivity index (χ2n) is 5.55. The number of nitrogens with one attached hydrogen (secondary N) is 1. The lowest BCUT2D eigenvalue weighted by Crippen LogP contribution is -2.38. The Kier molecular flexibility index (Phi) is 4.06. The standard InChI is InChI=1S/C15H24N2/c1-12-8-13(2)11-17(10-12)15-6-4-14(5-7-15)9-16-3/h4-7,12-13,16H,8-11H2,1-3H3. The van der Waals surface area contributed by atoms with Crippen LogP contribution in [0, 0.1) is 11.8 Å². The third-order valence-corrected chi connectivity index (χ3v) is 3.55. The lowest BCUT2D eigenvalue weighted by atomic mass is 9.91. The minimum Gasteiger partial charge on any atom is -0.371 e. The average molecular weight is 232 g/mol. The maximum atomic E-state index is 3.18. The van der Waals surface area contributed by atoms with E-state index >= 15 is 0 Å². The molecule has 0 saturated carbocycles. The van der Waals surface area contributed by atoms with Gasteiger partial charge in [0.25, 0.3) is 0 Å². The van der Waals surface area contributed by atoms with Crippen molar-refractivity contribution in [3.05, 3.63) is 29.8 Å². The van der Waals surface area contributed by atoms with E-state index in [0.717, 1.165) is 18.4 Å². The molecule has 2 atom stereocenters. The van der Waals surface area contributed by atoms with Crippen LogP contribution >= 0.6 is 0 Å². The van der Waals surface area contributed by atoms with Crippen molar-refractivity contribution < 1.29 is 0 Å². The van der Waals surface area contributed by atoms with Gasteiger partial charge < -0.3 is 10.2 Å². The molecule has 2 unspecified atom stereocenters. The third kappa shape index (κ3) is 3.22. The molecule has 2 heteroatoms. The van der Waals surface area contributed by atoms with Gasteiger partial charge in [-0.25, -0.2) is 0 Å². The summed E-state index contributed by atoms with van der Waals surface area (Å²) in [5.41, 5.74) is 2.73. The lowest BCUT2D eigenvalue weighted by Gasteiger charge is -2.36. The molecule has 17 heavy (non-hydrogen) atoms. The Morgan fingerprint density at radius 2 is 1.71 bits per heavy atom. The smallest absolute Gasteiger partial charge is 0.0366 e. The van der Waals surface area contributed by atoms with Crippen LogP contribution in [-0.2, 0) is 6.54 Å². The summed E-state index contributed by atoms with van der Waals surface area (Å²) < 4.78 is 0. The van der Waals surface area contributed by atoms with E-state index in [1.54, 1.807) is 0 Å². The Labute approximate surface area is 105 Å². The topological polar surface area (TPSA) is 15.3 Å². The number of anilines is 1. The van der Waals surface area contributed by atoms with Gasteiger partial charge in [-0.1, -0.05) is 26.0 Å². The van der Waals surface area contributed by atoms with E-state index in [1.807, 2.05) is 7.05 Å². The molecule has 0 aliphatic carbocycles. The summed E-state index contributed by atoms with van der Waals surface area (Å²) in [6.07, 6.45) is 1.37. The average Bonchev–Trinajstić information content (AvgIpc) is 2.29. The van der Waals surface area contributed by atoms with E-state index in [-0.39, 0.29) is 0 Å². The molecule has 0 radical (unpaired) electrons. The first-order valence-electron chi connectivity index (χ1n) is 6.67. The van der Waals surface area contributed by atoms with Crippen LogP contribution in [-0.4, -0.2) is 20.1 Å². The lowest BCUT2D eigenvalue weighted by molar-refractivity contribution is 0.357. The molecule has 1 aromatic carbocycles. The molecule has 1 aliphatic rings. The van der Waals surface area contributed by atoms with Crippen LogP contribution in [0.5, 0.6) is 0 Å². The quantitative estimate of drug-likeness (QED) is 0.862. The van der Waals surface area contributed by atoms with Gasteiger partial charge in [0.05, 0.1) is 0 Å². The first-order valence-corrected chi connectivity index (χ1v) is 6.67. The molecule has 2 nitrogen and oxygen atoms in total. The Bertz CT molecular complexity index is 334. The maximum absolute atomic E-state index is 3.18. The maximum Gasteiger partial charge on any atom is 0.0366 e. The van der Waals surface area contributed by atoms with Gasteiger partial charge in [0, 0.05) is 25.3 Å². The molecule has 1 fully saturated rings. The molecule has 0 amide bonds. The summed E-state index contributed by atoms with van der Waals surface area (Å²) >= 11 is 0. The second-order valence-corrected chi connectivity index (χ2v) is 5.55. The summed E-state index contributed by atoms with van der Waals surface area (Å²) in [5.74, 6) is 1.63. The predicted molar refractivity (Wildman–Crippen MR) is 74.4 cm³/mol. The van der Waals surface area contributed by atoms with E-state index in [9.17, 15) is 0 Å². The second kappa shape index (κ2) is 5.54. The Hall–Kier alpha value is -1.02. The molecule has 0 bridgehead atoms. The fourth-order valence-electron chi connectivity index (χ4n) is 2.90. The summed E-state index contributed by atoms with van der Waals surface area (Å²) in [6, 6.07) is 8.99. The minimum absolute atomic E-state index is 0.815. The zero-order valence-electron chi connectivity index (χ0n) is 11.2. The van der Waals surface area contributed by atoms with Gasteiger partial charge in [0.2, 0.25) is 0 Å². The van der Waals surface area contributed by atoms with Crippen molar-refractivity contribution in [2.24, 2.45) is 11.8 Å². The highest BCUT2D eigenvalue weighted by molar-refractivity contribution is 5.48. The van der Waals surface area contributed by atoms with Crippen LogP contribution in [0.1, 0.15) is 25.8 Å². The van der Waals surface area contributed by atoms with Gasteiger partial charge in [0.1, 0.15) is 0 Å². The molecule has 2 rings (SSSR count). The minimum atomic E-state index is 0.815. The van der Waals surface area contributed by atoms with E-state index in [0.29, 0.717) is 0 Å². The first-order chi connectivity index (χ1) is 8.19. The Morgan fingerprint density at radius 3 is 2.24 bits per heavy atom. The highest BCUT2D eigenvalue weighted by Gasteiger charge is 2.21. The highest BCUT2D eigenvalue weighted by atomic mass is 15.1. The zero-order chi connectivity index (χ0) is 12.3. The van der Waals surface area contributed by atoms with Crippen LogP contribution in [0.4, 0.5) is 5.69 Å². The van der Waals surface area contributed by atoms with Gasteiger partial charge in [-0.2, -0.15) is 0 Å². The number of hydrogen-bond donors (Lipinski definition) is 1. The number of rotatable bonds is 3. The fourth-order valence-corrected chi connectivity index (χ4v) is 2.90. The molecular weight excluding hydrogens is 208 g/mol. The normalized spacial score (nSPS) is 25.0. The van der Waals surface area contributed by atoms with Crippen LogP contribution in [0.15, 0.2) is 24.3 Å². The van der Waals surface area contributed by atoms with Crippen molar-refractivity contribution >= 4 is 5.69 Å². The van der Waals surface area contributed by atoms with Crippen LogP contribution < -0.4 is 10.2 Å². The van der Waals surface area contributed by atoms with Crippen molar-refractivity contribution in [3.8, 4) is 0 Å². The van der Waals surface area contributed by atoms with E-state index in [2.05, 4.69) is 48.3 Å². The summed E-state index contributed by atoms with van der Waals surface area (Å²) in [6.45, 7) is 8.08. The molecule has 1 aliphatic heterocycles. The molecule has 1 aromatic rings. The van der Waals surface area contributed by atoms with Crippen LogP contribution in [0.25, 0.3) is 0 Å². The molecule has 1 saturated heterocycles. The number of nitrogens with zero attached hydrogens (tertiary/aromatic N) is 1. The number of hydrogen-bond acceptors (Lipinski definition) is 2. The summed E-state index contributed by atoms with van der Waals surface area (Å²) in [5, 5.41) is 3.18. The molecule has 0 spiro atoms. The Morgan fingerprint density at radius 1 is 1.12 bits per heavy atom. The van der Waals surface area contributed by atoms with Crippen molar-refractivity contribution in [2.45, 2.75) is 26.8 Å². The van der Waals surface area contributed by atoms with Gasteiger partial charge in [-0.05, 0) is 43.0 Å². The zero-order valence-corrected chi connectivity index (χ0v) is 11.2. The van der Waals surface area contributed by atoms with Crippen molar-refractivity contribution in [2.75, 3.05) is 25.0 Å². The van der Waals surface area contributed by atoms with E-state index < -0.39 is 0 Å². The molecule has 1 heterocycles. The van der Waals surface area contributed by atoms with Gasteiger partial charge in [-0.15, -0.1) is 0 Å². The Balaban J connectivity index is 2.06.